The highest BCUT2D eigenvalue weighted by atomic mass is 32.1. The Morgan fingerprint density at radius 2 is 1.76 bits per heavy atom. The summed E-state index contributed by atoms with van der Waals surface area (Å²) in [5.74, 6) is 0. The van der Waals surface area contributed by atoms with Gasteiger partial charge in [-0.25, -0.2) is 4.98 Å². The molecule has 0 atom stereocenters. The quantitative estimate of drug-likeness (QED) is 0.686. The number of piperazine rings is 1. The fraction of sp³-hybridized carbons (Fsp3) is 0.381. The molecule has 2 heterocycles. The Kier molecular flexibility index (Phi) is 4.99. The normalized spacial score (nSPS) is 15.8. The molecule has 0 saturated carbocycles. The zero-order chi connectivity index (χ0) is 17.1. The third-order valence-corrected chi connectivity index (χ3v) is 6.13. The summed E-state index contributed by atoms with van der Waals surface area (Å²) in [5, 5.41) is 1.19. The van der Waals surface area contributed by atoms with Crippen molar-refractivity contribution in [3.8, 4) is 0 Å². The molecule has 0 aliphatic carbocycles. The zero-order valence-corrected chi connectivity index (χ0v) is 15.6. The van der Waals surface area contributed by atoms with Crippen molar-refractivity contribution in [1.82, 2.24) is 9.88 Å². The van der Waals surface area contributed by atoms with Gasteiger partial charge in [0, 0.05) is 32.7 Å². The summed E-state index contributed by atoms with van der Waals surface area (Å²) in [6.45, 7) is 7.77. The molecule has 0 N–H and O–H groups in total. The molecule has 4 rings (SSSR count). The fourth-order valence-corrected chi connectivity index (χ4v) is 4.49. The molecule has 0 spiro atoms. The number of thiazole rings is 1. The molecule has 3 aromatic rings. The van der Waals surface area contributed by atoms with Crippen LogP contribution in [-0.2, 0) is 12.8 Å². The highest BCUT2D eigenvalue weighted by Gasteiger charge is 2.19. The predicted octanol–water partition coefficient (Wildman–Crippen LogP) is 4.22. The molecule has 0 radical (unpaired) electrons. The Bertz CT molecular complexity index is 820. The van der Waals surface area contributed by atoms with Crippen molar-refractivity contribution in [2.45, 2.75) is 19.8 Å². The van der Waals surface area contributed by atoms with Crippen LogP contribution in [0.1, 0.15) is 18.1 Å². The van der Waals surface area contributed by atoms with Crippen molar-refractivity contribution in [2.75, 3.05) is 37.6 Å². The first-order valence-corrected chi connectivity index (χ1v) is 10.0. The molecule has 1 saturated heterocycles. The molecule has 4 heteroatoms. The van der Waals surface area contributed by atoms with Crippen molar-refractivity contribution in [3.63, 3.8) is 0 Å². The SMILES string of the molecule is CCc1ccc2nc(N3CCN(CCc4ccccc4)CC3)sc2c1. The van der Waals surface area contributed by atoms with Gasteiger partial charge in [0.1, 0.15) is 0 Å². The van der Waals surface area contributed by atoms with Gasteiger partial charge in [0.25, 0.3) is 0 Å². The molecule has 2 aromatic carbocycles. The zero-order valence-electron chi connectivity index (χ0n) is 14.8. The molecule has 1 fully saturated rings. The van der Waals surface area contributed by atoms with Crippen LogP contribution in [0.15, 0.2) is 48.5 Å². The van der Waals surface area contributed by atoms with Gasteiger partial charge in [-0.2, -0.15) is 0 Å². The van der Waals surface area contributed by atoms with E-state index in [9.17, 15) is 0 Å². The summed E-state index contributed by atoms with van der Waals surface area (Å²) in [5.41, 5.74) is 3.97. The highest BCUT2D eigenvalue weighted by molar-refractivity contribution is 7.22. The van der Waals surface area contributed by atoms with E-state index in [2.05, 4.69) is 65.3 Å². The molecular weight excluding hydrogens is 326 g/mol. The first-order valence-electron chi connectivity index (χ1n) is 9.22. The molecule has 25 heavy (non-hydrogen) atoms. The van der Waals surface area contributed by atoms with Crippen LogP contribution in [0.3, 0.4) is 0 Å². The number of benzene rings is 2. The second kappa shape index (κ2) is 7.54. The van der Waals surface area contributed by atoms with Crippen LogP contribution in [0.4, 0.5) is 5.13 Å². The number of rotatable bonds is 5. The number of nitrogens with zero attached hydrogens (tertiary/aromatic N) is 3. The Morgan fingerprint density at radius 1 is 0.960 bits per heavy atom. The molecule has 0 amide bonds. The lowest BCUT2D eigenvalue weighted by Gasteiger charge is -2.34. The molecule has 1 aromatic heterocycles. The van der Waals surface area contributed by atoms with E-state index in [0.29, 0.717) is 0 Å². The van der Waals surface area contributed by atoms with E-state index in [0.717, 1.165) is 51.1 Å². The number of anilines is 1. The van der Waals surface area contributed by atoms with E-state index in [1.54, 1.807) is 0 Å². The number of aromatic nitrogens is 1. The summed E-state index contributed by atoms with van der Waals surface area (Å²) >= 11 is 1.84. The van der Waals surface area contributed by atoms with Crippen LogP contribution in [0, 0.1) is 0 Å². The highest BCUT2D eigenvalue weighted by Crippen LogP contribution is 2.30. The minimum Gasteiger partial charge on any atom is -0.345 e. The number of fused-ring (bicyclic) bond motifs is 1. The van der Waals surface area contributed by atoms with Gasteiger partial charge in [-0.15, -0.1) is 0 Å². The Hall–Kier alpha value is -1.91. The van der Waals surface area contributed by atoms with Crippen LogP contribution in [-0.4, -0.2) is 42.6 Å². The number of hydrogen-bond donors (Lipinski definition) is 0. The van der Waals surface area contributed by atoms with Gasteiger partial charge in [0.15, 0.2) is 5.13 Å². The maximum atomic E-state index is 4.86. The van der Waals surface area contributed by atoms with E-state index in [-0.39, 0.29) is 0 Å². The van der Waals surface area contributed by atoms with E-state index >= 15 is 0 Å². The monoisotopic (exact) mass is 351 g/mol. The Balaban J connectivity index is 1.35. The van der Waals surface area contributed by atoms with Crippen LogP contribution < -0.4 is 4.90 Å². The summed E-state index contributed by atoms with van der Waals surface area (Å²) in [6.07, 6.45) is 2.23. The Morgan fingerprint density at radius 3 is 2.52 bits per heavy atom. The van der Waals surface area contributed by atoms with Crippen molar-refractivity contribution in [3.05, 3.63) is 59.7 Å². The second-order valence-electron chi connectivity index (χ2n) is 6.72. The van der Waals surface area contributed by atoms with Crippen molar-refractivity contribution < 1.29 is 0 Å². The van der Waals surface area contributed by atoms with Gasteiger partial charge in [0.2, 0.25) is 0 Å². The van der Waals surface area contributed by atoms with Gasteiger partial charge in [-0.1, -0.05) is 54.7 Å². The number of aryl methyl sites for hydroxylation is 1. The first kappa shape index (κ1) is 16.6. The van der Waals surface area contributed by atoms with E-state index < -0.39 is 0 Å². The molecule has 1 aliphatic heterocycles. The minimum atomic E-state index is 1.08. The molecule has 130 valence electrons. The van der Waals surface area contributed by atoms with E-state index in [1.165, 1.54) is 21.0 Å². The predicted molar refractivity (Wildman–Crippen MR) is 108 cm³/mol. The molecule has 3 nitrogen and oxygen atoms in total. The van der Waals surface area contributed by atoms with Gasteiger partial charge in [-0.05, 0) is 36.1 Å². The van der Waals surface area contributed by atoms with Crippen molar-refractivity contribution >= 4 is 26.7 Å². The summed E-state index contributed by atoms with van der Waals surface area (Å²) < 4.78 is 1.32. The maximum Gasteiger partial charge on any atom is 0.186 e. The minimum absolute atomic E-state index is 1.08. The standard InChI is InChI=1S/C21H25N3S/c1-2-17-8-9-19-20(16-17)25-21(22-19)24-14-12-23(13-15-24)11-10-18-6-4-3-5-7-18/h3-9,16H,2,10-15H2,1H3. The van der Waals surface area contributed by atoms with Crippen LogP contribution >= 0.6 is 11.3 Å². The summed E-state index contributed by atoms with van der Waals surface area (Å²) in [6, 6.07) is 17.5. The smallest absolute Gasteiger partial charge is 0.186 e. The van der Waals surface area contributed by atoms with Crippen LogP contribution in [0.25, 0.3) is 10.2 Å². The average molecular weight is 352 g/mol. The second-order valence-corrected chi connectivity index (χ2v) is 7.73. The van der Waals surface area contributed by atoms with Gasteiger partial charge in [-0.3, -0.25) is 4.90 Å². The Labute approximate surface area is 153 Å². The molecule has 1 aliphatic rings. The third-order valence-electron chi connectivity index (χ3n) is 5.05. The van der Waals surface area contributed by atoms with Gasteiger partial charge < -0.3 is 4.90 Å². The third kappa shape index (κ3) is 3.86. The van der Waals surface area contributed by atoms with Crippen LogP contribution in [0.2, 0.25) is 0 Å². The maximum absolute atomic E-state index is 4.86. The lowest BCUT2D eigenvalue weighted by atomic mass is 10.1. The topological polar surface area (TPSA) is 19.4 Å². The summed E-state index contributed by atoms with van der Waals surface area (Å²) in [4.78, 5) is 9.89. The van der Waals surface area contributed by atoms with E-state index in [1.807, 2.05) is 11.3 Å². The average Bonchev–Trinajstić information content (AvgIpc) is 3.10. The number of hydrogen-bond acceptors (Lipinski definition) is 4. The van der Waals surface area contributed by atoms with Crippen molar-refractivity contribution in [1.29, 1.82) is 0 Å². The van der Waals surface area contributed by atoms with Gasteiger partial charge >= 0.3 is 0 Å². The summed E-state index contributed by atoms with van der Waals surface area (Å²) in [7, 11) is 0. The first-order chi connectivity index (χ1) is 12.3. The molecule has 0 unspecified atom stereocenters. The molecule has 0 bridgehead atoms. The lowest BCUT2D eigenvalue weighted by molar-refractivity contribution is 0.261. The fourth-order valence-electron chi connectivity index (χ4n) is 3.41. The molecular formula is C21H25N3S. The lowest BCUT2D eigenvalue weighted by Crippen LogP contribution is -2.46. The van der Waals surface area contributed by atoms with Crippen molar-refractivity contribution in [2.24, 2.45) is 0 Å². The van der Waals surface area contributed by atoms with Crippen LogP contribution in [0.5, 0.6) is 0 Å². The van der Waals surface area contributed by atoms with Gasteiger partial charge in [0.05, 0.1) is 10.2 Å². The largest absolute Gasteiger partial charge is 0.345 e. The van der Waals surface area contributed by atoms with E-state index in [4.69, 9.17) is 4.98 Å².